The second-order valence-electron chi connectivity index (χ2n) is 3.74. The molecule has 0 fully saturated rings. The van der Waals surface area contributed by atoms with Crippen LogP contribution in [0.4, 0.5) is 11.4 Å². The van der Waals surface area contributed by atoms with Crippen molar-refractivity contribution in [2.45, 2.75) is 6.42 Å². The Bertz CT molecular complexity index is 414. The second-order valence-corrected chi connectivity index (χ2v) is 3.74. The summed E-state index contributed by atoms with van der Waals surface area (Å²) in [5, 5.41) is 3.30. The third kappa shape index (κ3) is 2.76. The third-order valence-corrected chi connectivity index (χ3v) is 2.53. The first-order chi connectivity index (χ1) is 7.86. The number of nitrogens with one attached hydrogen (secondary N) is 1. The Morgan fingerprint density at radius 3 is 2.19 bits per heavy atom. The average molecular weight is 212 g/mol. The molecule has 1 aliphatic heterocycles. The largest absolute Gasteiger partial charge is 0.399 e. The molecular formula is C14H16N2. The van der Waals surface area contributed by atoms with Crippen LogP contribution in [0.15, 0.2) is 54.6 Å². The molecule has 2 aromatic rings. The van der Waals surface area contributed by atoms with Crippen LogP contribution >= 0.6 is 0 Å². The summed E-state index contributed by atoms with van der Waals surface area (Å²) in [5.41, 5.74) is 8.95. The maximum Gasteiger partial charge on any atom is 0.0373 e. The van der Waals surface area contributed by atoms with E-state index in [1.807, 2.05) is 30.3 Å². The van der Waals surface area contributed by atoms with Gasteiger partial charge < -0.3 is 11.1 Å². The smallest absolute Gasteiger partial charge is 0.0373 e. The molecule has 2 aromatic carbocycles. The van der Waals surface area contributed by atoms with Gasteiger partial charge in [-0.05, 0) is 30.2 Å². The highest BCUT2D eigenvalue weighted by Gasteiger charge is 2.05. The normalized spacial score (nSPS) is 12.0. The maximum atomic E-state index is 5.36. The minimum atomic E-state index is 0.822. The summed E-state index contributed by atoms with van der Waals surface area (Å²) in [7, 11) is 0. The van der Waals surface area contributed by atoms with Crippen molar-refractivity contribution < 1.29 is 0 Å². The highest BCUT2D eigenvalue weighted by molar-refractivity contribution is 5.54. The van der Waals surface area contributed by atoms with Gasteiger partial charge in [0.05, 0.1) is 0 Å². The van der Waals surface area contributed by atoms with Crippen LogP contribution in [0.25, 0.3) is 0 Å². The van der Waals surface area contributed by atoms with E-state index in [4.69, 9.17) is 5.73 Å². The summed E-state index contributed by atoms with van der Waals surface area (Å²) in [6.07, 6.45) is 1.19. The molecule has 82 valence electrons. The van der Waals surface area contributed by atoms with E-state index in [2.05, 4.69) is 29.6 Å². The first-order valence-electron chi connectivity index (χ1n) is 5.48. The zero-order chi connectivity index (χ0) is 11.2. The Kier molecular flexibility index (Phi) is 3.44. The van der Waals surface area contributed by atoms with Crippen LogP contribution in [-0.2, 0) is 6.42 Å². The molecule has 1 aliphatic rings. The van der Waals surface area contributed by atoms with Crippen LogP contribution in [0.5, 0.6) is 0 Å². The molecule has 0 amide bonds. The van der Waals surface area contributed by atoms with Crippen molar-refractivity contribution in [2.24, 2.45) is 0 Å². The van der Waals surface area contributed by atoms with Crippen molar-refractivity contribution >= 4 is 11.4 Å². The number of rotatable bonds is 0. The number of hydrogen-bond donors (Lipinski definition) is 2. The zero-order valence-electron chi connectivity index (χ0n) is 9.19. The highest BCUT2D eigenvalue weighted by Crippen LogP contribution is 2.19. The van der Waals surface area contributed by atoms with Gasteiger partial charge in [0.15, 0.2) is 0 Å². The van der Waals surface area contributed by atoms with Crippen LogP contribution in [-0.4, -0.2) is 6.54 Å². The number of para-hydroxylation sites is 2. The Morgan fingerprint density at radius 2 is 1.56 bits per heavy atom. The molecule has 0 radical (unpaired) electrons. The van der Waals surface area contributed by atoms with Gasteiger partial charge in [0.25, 0.3) is 0 Å². The lowest BCUT2D eigenvalue weighted by atomic mass is 10.2. The quantitative estimate of drug-likeness (QED) is 0.659. The Morgan fingerprint density at radius 1 is 0.875 bits per heavy atom. The molecule has 0 aromatic heterocycles. The number of anilines is 2. The maximum absolute atomic E-state index is 5.36. The van der Waals surface area contributed by atoms with E-state index in [1.54, 1.807) is 0 Å². The molecule has 2 nitrogen and oxygen atoms in total. The van der Waals surface area contributed by atoms with Crippen molar-refractivity contribution in [1.29, 1.82) is 0 Å². The van der Waals surface area contributed by atoms with E-state index in [0.717, 1.165) is 12.2 Å². The molecule has 0 bridgehead atoms. The van der Waals surface area contributed by atoms with Gasteiger partial charge in [-0.1, -0.05) is 36.4 Å². The summed E-state index contributed by atoms with van der Waals surface area (Å²) in [6, 6.07) is 17.9. The molecule has 3 rings (SSSR count). The summed E-state index contributed by atoms with van der Waals surface area (Å²) >= 11 is 0. The van der Waals surface area contributed by atoms with Crippen LogP contribution in [0.3, 0.4) is 0 Å². The van der Waals surface area contributed by atoms with Crippen molar-refractivity contribution in [3.63, 3.8) is 0 Å². The average Bonchev–Trinajstić information content (AvgIpc) is 2.79. The standard InChI is InChI=1S/C8H9N.C6H7N/c1-2-4-8-7(3-1)5-6-9-8;7-6-4-2-1-3-5-6/h1-4,9H,5-6H2;1-5H,7H2. The van der Waals surface area contributed by atoms with Gasteiger partial charge in [0, 0.05) is 17.9 Å². The third-order valence-electron chi connectivity index (χ3n) is 2.53. The van der Waals surface area contributed by atoms with Crippen LogP contribution in [0, 0.1) is 0 Å². The van der Waals surface area contributed by atoms with E-state index in [0.29, 0.717) is 0 Å². The Balaban J connectivity index is 0.000000125. The monoisotopic (exact) mass is 212 g/mol. The van der Waals surface area contributed by atoms with Gasteiger partial charge >= 0.3 is 0 Å². The summed E-state index contributed by atoms with van der Waals surface area (Å²) in [4.78, 5) is 0. The first kappa shape index (κ1) is 10.6. The molecule has 3 N–H and O–H groups in total. The molecule has 16 heavy (non-hydrogen) atoms. The molecule has 0 unspecified atom stereocenters. The fourth-order valence-electron chi connectivity index (χ4n) is 1.70. The van der Waals surface area contributed by atoms with Crippen molar-refractivity contribution in [3.05, 3.63) is 60.2 Å². The van der Waals surface area contributed by atoms with Crippen molar-refractivity contribution in [2.75, 3.05) is 17.6 Å². The molecule has 0 aliphatic carbocycles. The van der Waals surface area contributed by atoms with Gasteiger partial charge in [0.2, 0.25) is 0 Å². The van der Waals surface area contributed by atoms with E-state index in [-0.39, 0.29) is 0 Å². The number of nitrogens with two attached hydrogens (primary N) is 1. The Hall–Kier alpha value is -1.96. The zero-order valence-corrected chi connectivity index (χ0v) is 9.19. The Labute approximate surface area is 96.1 Å². The molecule has 0 saturated heterocycles. The molecule has 0 atom stereocenters. The lowest BCUT2D eigenvalue weighted by molar-refractivity contribution is 1.11. The van der Waals surface area contributed by atoms with Gasteiger partial charge in [-0.3, -0.25) is 0 Å². The SMILES string of the molecule is Nc1ccccc1.c1ccc2c(c1)CCN2. The number of hydrogen-bond acceptors (Lipinski definition) is 2. The molecular weight excluding hydrogens is 196 g/mol. The summed E-state index contributed by atoms with van der Waals surface area (Å²) in [5.74, 6) is 0. The van der Waals surface area contributed by atoms with E-state index in [9.17, 15) is 0 Å². The lowest BCUT2D eigenvalue weighted by Crippen LogP contribution is -1.90. The molecule has 1 heterocycles. The molecule has 0 spiro atoms. The summed E-state index contributed by atoms with van der Waals surface area (Å²) < 4.78 is 0. The van der Waals surface area contributed by atoms with Gasteiger partial charge in [-0.2, -0.15) is 0 Å². The number of nitrogen functional groups attached to an aromatic ring is 1. The second kappa shape index (κ2) is 5.21. The van der Waals surface area contributed by atoms with Crippen LogP contribution in [0.1, 0.15) is 5.56 Å². The minimum Gasteiger partial charge on any atom is -0.399 e. The number of fused-ring (bicyclic) bond motifs is 1. The molecule has 0 saturated carbocycles. The minimum absolute atomic E-state index is 0.822. The fourth-order valence-corrected chi connectivity index (χ4v) is 1.70. The number of benzene rings is 2. The van der Waals surface area contributed by atoms with E-state index < -0.39 is 0 Å². The predicted octanol–water partition coefficient (Wildman–Crippen LogP) is 2.92. The van der Waals surface area contributed by atoms with Crippen LogP contribution < -0.4 is 11.1 Å². The van der Waals surface area contributed by atoms with E-state index >= 15 is 0 Å². The fraction of sp³-hybridized carbons (Fsp3) is 0.143. The highest BCUT2D eigenvalue weighted by atomic mass is 14.9. The first-order valence-corrected chi connectivity index (χ1v) is 5.48. The van der Waals surface area contributed by atoms with Gasteiger partial charge in [-0.25, -0.2) is 0 Å². The van der Waals surface area contributed by atoms with Crippen LogP contribution in [0.2, 0.25) is 0 Å². The van der Waals surface area contributed by atoms with Gasteiger partial charge in [-0.15, -0.1) is 0 Å². The predicted molar refractivity (Wildman–Crippen MR) is 69.5 cm³/mol. The van der Waals surface area contributed by atoms with Crippen molar-refractivity contribution in [1.82, 2.24) is 0 Å². The van der Waals surface area contributed by atoms with Gasteiger partial charge in [0.1, 0.15) is 0 Å². The van der Waals surface area contributed by atoms with E-state index in [1.165, 1.54) is 17.7 Å². The lowest BCUT2D eigenvalue weighted by Gasteiger charge is -1.94. The molecule has 2 heteroatoms. The summed E-state index contributed by atoms with van der Waals surface area (Å²) in [6.45, 7) is 1.11. The topological polar surface area (TPSA) is 38.0 Å². The van der Waals surface area contributed by atoms with Crippen molar-refractivity contribution in [3.8, 4) is 0 Å².